The van der Waals surface area contributed by atoms with Gasteiger partial charge in [0.05, 0.1) is 24.7 Å². The summed E-state index contributed by atoms with van der Waals surface area (Å²) in [5.41, 5.74) is 2.38. The Morgan fingerprint density at radius 3 is 2.84 bits per heavy atom. The number of para-hydroxylation sites is 2. The van der Waals surface area contributed by atoms with Crippen molar-refractivity contribution >= 4 is 23.0 Å². The van der Waals surface area contributed by atoms with Gasteiger partial charge in [0.1, 0.15) is 5.82 Å². The zero-order chi connectivity index (χ0) is 17.8. The fourth-order valence-corrected chi connectivity index (χ4v) is 2.46. The summed E-state index contributed by atoms with van der Waals surface area (Å²) in [5, 5.41) is 0. The number of likely N-dealkylation sites (N-methyl/N-ethyl adjacent to an activating group) is 1. The molecule has 0 radical (unpaired) electrons. The molecule has 0 aliphatic heterocycles. The lowest BCUT2D eigenvalue weighted by atomic mass is 10.2. The van der Waals surface area contributed by atoms with Crippen LogP contribution in [0.4, 0.5) is 4.39 Å². The Morgan fingerprint density at radius 1 is 1.32 bits per heavy atom. The SMILES string of the molecule is COc1ccc(/C=C/C(=O)N(C)Cc2nc3ccccc3[nH]2)cc1F. The zero-order valence-electron chi connectivity index (χ0n) is 14.0. The molecule has 1 amide bonds. The lowest BCUT2D eigenvalue weighted by molar-refractivity contribution is -0.125. The first-order chi connectivity index (χ1) is 12.1. The van der Waals surface area contributed by atoms with Gasteiger partial charge in [-0.1, -0.05) is 18.2 Å². The number of rotatable bonds is 5. The number of hydrogen-bond donors (Lipinski definition) is 1. The molecule has 3 aromatic rings. The zero-order valence-corrected chi connectivity index (χ0v) is 14.0. The average molecular weight is 339 g/mol. The molecule has 0 bridgehead atoms. The number of carbonyl (C=O) groups is 1. The predicted molar refractivity (Wildman–Crippen MR) is 94.6 cm³/mol. The number of methoxy groups -OCH3 is 1. The van der Waals surface area contributed by atoms with Crippen molar-refractivity contribution in [1.29, 1.82) is 0 Å². The summed E-state index contributed by atoms with van der Waals surface area (Å²) < 4.78 is 18.5. The summed E-state index contributed by atoms with van der Waals surface area (Å²) in [5.74, 6) is 0.218. The molecule has 25 heavy (non-hydrogen) atoms. The number of nitrogens with zero attached hydrogens (tertiary/aromatic N) is 2. The molecule has 0 saturated heterocycles. The summed E-state index contributed by atoms with van der Waals surface area (Å²) in [4.78, 5) is 21.4. The highest BCUT2D eigenvalue weighted by atomic mass is 19.1. The lowest BCUT2D eigenvalue weighted by Gasteiger charge is -2.13. The topological polar surface area (TPSA) is 58.2 Å². The van der Waals surface area contributed by atoms with Crippen molar-refractivity contribution in [3.05, 3.63) is 65.7 Å². The molecule has 6 heteroatoms. The van der Waals surface area contributed by atoms with Gasteiger partial charge >= 0.3 is 0 Å². The smallest absolute Gasteiger partial charge is 0.246 e. The second-order valence-corrected chi connectivity index (χ2v) is 5.62. The quantitative estimate of drug-likeness (QED) is 0.725. The van der Waals surface area contributed by atoms with Gasteiger partial charge < -0.3 is 14.6 Å². The molecule has 2 aromatic carbocycles. The second-order valence-electron chi connectivity index (χ2n) is 5.62. The number of carbonyl (C=O) groups excluding carboxylic acids is 1. The van der Waals surface area contributed by atoms with Crippen molar-refractivity contribution in [2.45, 2.75) is 6.54 Å². The van der Waals surface area contributed by atoms with Crippen molar-refractivity contribution in [2.75, 3.05) is 14.2 Å². The molecule has 0 saturated carbocycles. The Morgan fingerprint density at radius 2 is 2.12 bits per heavy atom. The standard InChI is InChI=1S/C19H18FN3O2/c1-23(12-18-21-15-5-3-4-6-16(15)22-18)19(24)10-8-13-7-9-17(25-2)14(20)11-13/h3-11H,12H2,1-2H3,(H,21,22)/b10-8+. The molecule has 0 aliphatic rings. The number of aromatic amines is 1. The van der Waals surface area contributed by atoms with E-state index in [4.69, 9.17) is 4.74 Å². The molecular formula is C19H18FN3O2. The largest absolute Gasteiger partial charge is 0.494 e. The van der Waals surface area contributed by atoms with Gasteiger partial charge in [-0.05, 0) is 35.9 Å². The van der Waals surface area contributed by atoms with Crippen LogP contribution in [0.1, 0.15) is 11.4 Å². The predicted octanol–water partition coefficient (Wildman–Crippen LogP) is 3.38. The van der Waals surface area contributed by atoms with Gasteiger partial charge in [0.2, 0.25) is 5.91 Å². The van der Waals surface area contributed by atoms with Crippen LogP contribution in [0.5, 0.6) is 5.75 Å². The first kappa shape index (κ1) is 16.7. The number of fused-ring (bicyclic) bond motifs is 1. The van der Waals surface area contributed by atoms with Gasteiger partial charge in [-0.15, -0.1) is 0 Å². The maximum Gasteiger partial charge on any atom is 0.246 e. The lowest BCUT2D eigenvalue weighted by Crippen LogP contribution is -2.24. The molecule has 0 unspecified atom stereocenters. The van der Waals surface area contributed by atoms with Crippen molar-refractivity contribution in [2.24, 2.45) is 0 Å². The number of H-pyrrole nitrogens is 1. The fourth-order valence-electron chi connectivity index (χ4n) is 2.46. The number of halogens is 1. The molecule has 0 atom stereocenters. The number of hydrogen-bond acceptors (Lipinski definition) is 3. The van der Waals surface area contributed by atoms with E-state index in [0.717, 1.165) is 11.0 Å². The van der Waals surface area contributed by atoms with Crippen LogP contribution in [0.3, 0.4) is 0 Å². The van der Waals surface area contributed by atoms with Crippen LogP contribution in [0.25, 0.3) is 17.1 Å². The normalized spacial score (nSPS) is 11.2. The molecule has 0 fully saturated rings. The van der Waals surface area contributed by atoms with Gasteiger partial charge in [-0.3, -0.25) is 4.79 Å². The van der Waals surface area contributed by atoms with Gasteiger partial charge in [-0.2, -0.15) is 0 Å². The van der Waals surface area contributed by atoms with Gasteiger partial charge in [0, 0.05) is 13.1 Å². The van der Waals surface area contributed by atoms with Crippen LogP contribution in [0.2, 0.25) is 0 Å². The van der Waals surface area contributed by atoms with E-state index in [1.54, 1.807) is 19.2 Å². The van der Waals surface area contributed by atoms with Gasteiger partial charge in [0.15, 0.2) is 11.6 Å². The minimum atomic E-state index is -0.465. The highest BCUT2D eigenvalue weighted by molar-refractivity contribution is 5.91. The molecule has 5 nitrogen and oxygen atoms in total. The Kier molecular flexibility index (Phi) is 4.79. The Hall–Kier alpha value is -3.15. The number of imidazole rings is 1. The van der Waals surface area contributed by atoms with Crippen LogP contribution in [0, 0.1) is 5.82 Å². The van der Waals surface area contributed by atoms with Crippen LogP contribution >= 0.6 is 0 Å². The molecular weight excluding hydrogens is 321 g/mol. The van der Waals surface area contributed by atoms with Crippen molar-refractivity contribution < 1.29 is 13.9 Å². The highest BCUT2D eigenvalue weighted by Crippen LogP contribution is 2.18. The third-order valence-corrected chi connectivity index (χ3v) is 3.80. The summed E-state index contributed by atoms with van der Waals surface area (Å²) in [6.45, 7) is 0.356. The molecule has 3 rings (SSSR count). The molecule has 0 aliphatic carbocycles. The van der Waals surface area contributed by atoms with Crippen LogP contribution in [0.15, 0.2) is 48.5 Å². The summed E-state index contributed by atoms with van der Waals surface area (Å²) >= 11 is 0. The Bertz CT molecular complexity index is 900. The van der Waals surface area contributed by atoms with Crippen molar-refractivity contribution in [3.63, 3.8) is 0 Å². The van der Waals surface area contributed by atoms with Crippen LogP contribution < -0.4 is 4.74 Å². The first-order valence-electron chi connectivity index (χ1n) is 7.77. The van der Waals surface area contributed by atoms with E-state index in [-0.39, 0.29) is 11.7 Å². The maximum atomic E-state index is 13.7. The molecule has 1 N–H and O–H groups in total. The minimum absolute atomic E-state index is 0.172. The highest BCUT2D eigenvalue weighted by Gasteiger charge is 2.09. The van der Waals surface area contributed by atoms with E-state index in [0.29, 0.717) is 17.9 Å². The number of benzene rings is 2. The number of nitrogens with one attached hydrogen (secondary N) is 1. The van der Waals surface area contributed by atoms with E-state index in [2.05, 4.69) is 9.97 Å². The van der Waals surface area contributed by atoms with E-state index in [1.165, 1.54) is 30.2 Å². The summed E-state index contributed by atoms with van der Waals surface area (Å²) in [6.07, 6.45) is 2.98. The molecule has 1 heterocycles. The third kappa shape index (κ3) is 3.85. The first-order valence-corrected chi connectivity index (χ1v) is 7.77. The second kappa shape index (κ2) is 7.17. The third-order valence-electron chi connectivity index (χ3n) is 3.80. The van der Waals surface area contributed by atoms with Crippen molar-refractivity contribution in [3.8, 4) is 5.75 Å². The number of ether oxygens (including phenoxy) is 1. The Labute approximate surface area is 144 Å². The Balaban J connectivity index is 1.66. The molecule has 1 aromatic heterocycles. The maximum absolute atomic E-state index is 13.7. The summed E-state index contributed by atoms with van der Waals surface area (Å²) in [6, 6.07) is 12.2. The van der Waals surface area contributed by atoms with Crippen LogP contribution in [-0.4, -0.2) is 34.9 Å². The fraction of sp³-hybridized carbons (Fsp3) is 0.158. The van der Waals surface area contributed by atoms with E-state index < -0.39 is 5.82 Å². The number of amides is 1. The van der Waals surface area contributed by atoms with E-state index in [1.807, 2.05) is 24.3 Å². The summed E-state index contributed by atoms with van der Waals surface area (Å²) in [7, 11) is 3.10. The van der Waals surface area contributed by atoms with Crippen LogP contribution in [-0.2, 0) is 11.3 Å². The van der Waals surface area contributed by atoms with E-state index >= 15 is 0 Å². The number of aromatic nitrogens is 2. The molecule has 0 spiro atoms. The monoisotopic (exact) mass is 339 g/mol. The molecule has 128 valence electrons. The van der Waals surface area contributed by atoms with Crippen molar-refractivity contribution in [1.82, 2.24) is 14.9 Å². The van der Waals surface area contributed by atoms with Gasteiger partial charge in [-0.25, -0.2) is 9.37 Å². The van der Waals surface area contributed by atoms with E-state index in [9.17, 15) is 9.18 Å². The average Bonchev–Trinajstić information content (AvgIpc) is 3.01. The minimum Gasteiger partial charge on any atom is -0.494 e. The van der Waals surface area contributed by atoms with Gasteiger partial charge in [0.25, 0.3) is 0 Å².